The second-order valence-electron chi connectivity index (χ2n) is 5.84. The molecule has 22 heavy (non-hydrogen) atoms. The number of hydrogen-bond acceptors (Lipinski definition) is 3. The zero-order valence-electron chi connectivity index (χ0n) is 13.5. The van der Waals surface area contributed by atoms with E-state index >= 15 is 0 Å². The summed E-state index contributed by atoms with van der Waals surface area (Å²) in [6, 6.07) is 9.68. The first-order valence-electron chi connectivity index (χ1n) is 7.49. The van der Waals surface area contributed by atoms with Crippen molar-refractivity contribution in [2.75, 3.05) is 0 Å². The van der Waals surface area contributed by atoms with Crippen LogP contribution in [0.25, 0.3) is 0 Å². The monoisotopic (exact) mass is 301 g/mol. The number of carbonyl (C=O) groups excluding carboxylic acids is 1. The fourth-order valence-corrected chi connectivity index (χ4v) is 2.40. The Morgan fingerprint density at radius 3 is 2.59 bits per heavy atom. The van der Waals surface area contributed by atoms with E-state index in [0.29, 0.717) is 18.2 Å². The van der Waals surface area contributed by atoms with Gasteiger partial charge in [0, 0.05) is 6.07 Å². The van der Waals surface area contributed by atoms with Gasteiger partial charge < -0.3 is 15.2 Å². The molecule has 5 heteroatoms. The molecular formula is C17H23N3O2. The molecule has 1 aromatic carbocycles. The summed E-state index contributed by atoms with van der Waals surface area (Å²) >= 11 is 0. The second-order valence-corrected chi connectivity index (χ2v) is 5.84. The summed E-state index contributed by atoms with van der Waals surface area (Å²) in [6.07, 6.45) is 0. The Balaban J connectivity index is 1.99. The van der Waals surface area contributed by atoms with Crippen LogP contribution in [0, 0.1) is 19.8 Å². The average Bonchev–Trinajstić information content (AvgIpc) is 2.89. The van der Waals surface area contributed by atoms with Crippen molar-refractivity contribution in [1.29, 1.82) is 0 Å². The quantitative estimate of drug-likeness (QED) is 0.888. The van der Waals surface area contributed by atoms with Crippen molar-refractivity contribution in [3.05, 3.63) is 52.9 Å². The summed E-state index contributed by atoms with van der Waals surface area (Å²) in [4.78, 5) is 12.1. The third kappa shape index (κ3) is 4.10. The zero-order chi connectivity index (χ0) is 16.1. The van der Waals surface area contributed by atoms with Gasteiger partial charge in [0.25, 0.3) is 0 Å². The number of amides is 2. The summed E-state index contributed by atoms with van der Waals surface area (Å²) in [7, 11) is 0. The molecule has 1 atom stereocenters. The average molecular weight is 301 g/mol. The number of aryl methyl sites for hydroxylation is 2. The molecule has 0 aliphatic carbocycles. The molecule has 2 N–H and O–H groups in total. The SMILES string of the molecule is Cc1cc(CNC(=O)NC(c2ccccc2C)C(C)C)on1. The van der Waals surface area contributed by atoms with Crippen molar-refractivity contribution < 1.29 is 9.32 Å². The van der Waals surface area contributed by atoms with Crippen molar-refractivity contribution in [3.63, 3.8) is 0 Å². The molecule has 0 bridgehead atoms. The zero-order valence-corrected chi connectivity index (χ0v) is 13.5. The fourth-order valence-electron chi connectivity index (χ4n) is 2.40. The molecule has 1 unspecified atom stereocenters. The van der Waals surface area contributed by atoms with Gasteiger partial charge in [-0.3, -0.25) is 0 Å². The van der Waals surface area contributed by atoms with E-state index in [9.17, 15) is 4.79 Å². The van der Waals surface area contributed by atoms with Crippen molar-refractivity contribution in [1.82, 2.24) is 15.8 Å². The van der Waals surface area contributed by atoms with Crippen LogP contribution in [0.2, 0.25) is 0 Å². The van der Waals surface area contributed by atoms with Crippen LogP contribution in [0.5, 0.6) is 0 Å². The van der Waals surface area contributed by atoms with E-state index in [1.165, 1.54) is 5.56 Å². The molecule has 118 valence electrons. The molecule has 2 aromatic rings. The Morgan fingerprint density at radius 1 is 1.27 bits per heavy atom. The van der Waals surface area contributed by atoms with Gasteiger partial charge in [-0.25, -0.2) is 4.79 Å². The van der Waals surface area contributed by atoms with E-state index in [0.717, 1.165) is 11.3 Å². The van der Waals surface area contributed by atoms with E-state index in [-0.39, 0.29) is 12.1 Å². The lowest BCUT2D eigenvalue weighted by molar-refractivity contribution is 0.231. The molecule has 0 aliphatic rings. The molecule has 0 saturated carbocycles. The number of carbonyl (C=O) groups is 1. The number of nitrogens with one attached hydrogen (secondary N) is 2. The number of nitrogens with zero attached hydrogens (tertiary/aromatic N) is 1. The minimum Gasteiger partial charge on any atom is -0.359 e. The van der Waals surface area contributed by atoms with Gasteiger partial charge in [0.15, 0.2) is 5.76 Å². The van der Waals surface area contributed by atoms with Crippen molar-refractivity contribution in [2.45, 2.75) is 40.3 Å². The summed E-state index contributed by atoms with van der Waals surface area (Å²) < 4.78 is 5.08. The molecule has 0 spiro atoms. The third-order valence-electron chi connectivity index (χ3n) is 3.58. The largest absolute Gasteiger partial charge is 0.359 e. The minimum atomic E-state index is -0.212. The van der Waals surface area contributed by atoms with Gasteiger partial charge >= 0.3 is 6.03 Å². The number of benzene rings is 1. The van der Waals surface area contributed by atoms with Crippen LogP contribution in [0.15, 0.2) is 34.9 Å². The first-order chi connectivity index (χ1) is 10.5. The first kappa shape index (κ1) is 16.1. The van der Waals surface area contributed by atoms with Crippen molar-refractivity contribution in [2.24, 2.45) is 5.92 Å². The number of hydrogen-bond donors (Lipinski definition) is 2. The van der Waals surface area contributed by atoms with E-state index < -0.39 is 0 Å². The highest BCUT2D eigenvalue weighted by Crippen LogP contribution is 2.24. The van der Waals surface area contributed by atoms with Gasteiger partial charge in [-0.05, 0) is 30.9 Å². The van der Waals surface area contributed by atoms with Gasteiger partial charge in [0.05, 0.1) is 18.3 Å². The number of urea groups is 1. The van der Waals surface area contributed by atoms with Gasteiger partial charge in [-0.15, -0.1) is 0 Å². The number of aromatic nitrogens is 1. The van der Waals surface area contributed by atoms with Crippen molar-refractivity contribution >= 4 is 6.03 Å². The molecule has 5 nitrogen and oxygen atoms in total. The maximum Gasteiger partial charge on any atom is 0.315 e. The lowest BCUT2D eigenvalue weighted by Gasteiger charge is -2.24. The van der Waals surface area contributed by atoms with Crippen LogP contribution in [-0.4, -0.2) is 11.2 Å². The van der Waals surface area contributed by atoms with Crippen LogP contribution in [0.1, 0.15) is 42.5 Å². The fraction of sp³-hybridized carbons (Fsp3) is 0.412. The van der Waals surface area contributed by atoms with Gasteiger partial charge in [-0.1, -0.05) is 43.3 Å². The molecule has 0 radical (unpaired) electrons. The Labute approximate surface area is 131 Å². The minimum absolute atomic E-state index is 0.0299. The van der Waals surface area contributed by atoms with Crippen molar-refractivity contribution in [3.8, 4) is 0 Å². The van der Waals surface area contributed by atoms with Crippen LogP contribution < -0.4 is 10.6 Å². The molecule has 2 rings (SSSR count). The maximum absolute atomic E-state index is 12.1. The Morgan fingerprint density at radius 2 is 2.00 bits per heavy atom. The lowest BCUT2D eigenvalue weighted by Crippen LogP contribution is -2.39. The second kappa shape index (κ2) is 7.11. The number of rotatable bonds is 5. The van der Waals surface area contributed by atoms with E-state index in [1.807, 2.05) is 25.1 Å². The third-order valence-corrected chi connectivity index (χ3v) is 3.58. The topological polar surface area (TPSA) is 67.2 Å². The maximum atomic E-state index is 12.1. The van der Waals surface area contributed by atoms with Crippen LogP contribution in [0.4, 0.5) is 4.79 Å². The molecular weight excluding hydrogens is 278 g/mol. The molecule has 0 aliphatic heterocycles. The lowest BCUT2D eigenvalue weighted by atomic mass is 9.93. The molecule has 0 fully saturated rings. The highest BCUT2D eigenvalue weighted by Gasteiger charge is 2.19. The van der Waals surface area contributed by atoms with E-state index in [4.69, 9.17) is 4.52 Å². The van der Waals surface area contributed by atoms with Crippen LogP contribution in [0.3, 0.4) is 0 Å². The Hall–Kier alpha value is -2.30. The molecule has 1 aromatic heterocycles. The standard InChI is InChI=1S/C17H23N3O2/c1-11(2)16(15-8-6-5-7-12(15)3)19-17(21)18-10-14-9-13(4)20-22-14/h5-9,11,16H,10H2,1-4H3,(H2,18,19,21). The van der Waals surface area contributed by atoms with E-state index in [1.54, 1.807) is 0 Å². The highest BCUT2D eigenvalue weighted by molar-refractivity contribution is 5.74. The summed E-state index contributed by atoms with van der Waals surface area (Å²) in [5, 5.41) is 9.64. The summed E-state index contributed by atoms with van der Waals surface area (Å²) in [6.45, 7) is 8.42. The smallest absolute Gasteiger partial charge is 0.315 e. The van der Waals surface area contributed by atoms with Gasteiger partial charge in [0.2, 0.25) is 0 Å². The predicted molar refractivity (Wildman–Crippen MR) is 85.4 cm³/mol. The Kier molecular flexibility index (Phi) is 5.20. The predicted octanol–water partition coefficient (Wildman–Crippen LogP) is 3.49. The highest BCUT2D eigenvalue weighted by atomic mass is 16.5. The van der Waals surface area contributed by atoms with Crippen LogP contribution in [-0.2, 0) is 6.54 Å². The van der Waals surface area contributed by atoms with Crippen LogP contribution >= 0.6 is 0 Å². The molecule has 2 amide bonds. The first-order valence-corrected chi connectivity index (χ1v) is 7.49. The van der Waals surface area contributed by atoms with E-state index in [2.05, 4.69) is 48.7 Å². The van der Waals surface area contributed by atoms with Gasteiger partial charge in [-0.2, -0.15) is 0 Å². The normalized spacial score (nSPS) is 12.2. The summed E-state index contributed by atoms with van der Waals surface area (Å²) in [5.74, 6) is 0.934. The Bertz CT molecular complexity index is 634. The van der Waals surface area contributed by atoms with Gasteiger partial charge in [0.1, 0.15) is 0 Å². The summed E-state index contributed by atoms with van der Waals surface area (Å²) in [5.41, 5.74) is 3.12. The molecule has 1 heterocycles. The molecule has 0 saturated heterocycles.